The molecule has 1 heterocycles. The lowest BCUT2D eigenvalue weighted by Crippen LogP contribution is -2.24. The van der Waals surface area contributed by atoms with E-state index in [2.05, 4.69) is 26.9 Å². The predicted molar refractivity (Wildman–Crippen MR) is 103 cm³/mol. The minimum Gasteiger partial charge on any atom is -0.384 e. The van der Waals surface area contributed by atoms with E-state index in [0.717, 1.165) is 0 Å². The molecule has 1 aromatic rings. The van der Waals surface area contributed by atoms with Gasteiger partial charge in [-0.2, -0.15) is 0 Å². The number of nitrogens with zero attached hydrogens (tertiary/aromatic N) is 3. The lowest BCUT2D eigenvalue weighted by atomic mass is 10.2. The smallest absolute Gasteiger partial charge is 0.329 e. The van der Waals surface area contributed by atoms with Gasteiger partial charge >= 0.3 is 7.60 Å². The maximum absolute atomic E-state index is 11.1. The van der Waals surface area contributed by atoms with E-state index in [-0.39, 0.29) is 35.9 Å². The lowest BCUT2D eigenvalue weighted by Gasteiger charge is -2.13. The van der Waals surface area contributed by atoms with Gasteiger partial charge in [-0.15, -0.1) is 0 Å². The summed E-state index contributed by atoms with van der Waals surface area (Å²) in [5, 5.41) is 3.09. The van der Waals surface area contributed by atoms with Gasteiger partial charge in [0.05, 0.1) is 24.6 Å². The summed E-state index contributed by atoms with van der Waals surface area (Å²) in [5.74, 6) is 0.169. The number of benzene rings is 1. The predicted octanol–water partition coefficient (Wildman–Crippen LogP) is 0.216. The molecule has 11 heteroatoms. The van der Waals surface area contributed by atoms with Crippen molar-refractivity contribution in [3.05, 3.63) is 53.7 Å². The molecule has 0 spiro atoms. The lowest BCUT2D eigenvalue weighted by molar-refractivity contribution is 0.372. The highest BCUT2D eigenvalue weighted by Crippen LogP contribution is 2.39. The van der Waals surface area contributed by atoms with Crippen LogP contribution in [0.4, 0.5) is 5.69 Å². The highest BCUT2D eigenvalue weighted by molar-refractivity contribution is 7.50. The zero-order valence-corrected chi connectivity index (χ0v) is 14.7. The third kappa shape index (κ3) is 5.85. The van der Waals surface area contributed by atoms with Crippen LogP contribution in [0, 0.1) is 0 Å². The molecule has 0 atom stereocenters. The van der Waals surface area contributed by atoms with Crippen LogP contribution in [0.3, 0.4) is 0 Å². The van der Waals surface area contributed by atoms with E-state index in [9.17, 15) is 4.57 Å². The molecular formula is C15H20N7O3P. The molecule has 1 aliphatic heterocycles. The Morgan fingerprint density at radius 3 is 2.65 bits per heavy atom. The van der Waals surface area contributed by atoms with E-state index in [1.165, 1.54) is 6.21 Å². The normalized spacial score (nSPS) is 15.7. The average Bonchev–Trinajstić information content (AvgIpc) is 2.52. The van der Waals surface area contributed by atoms with Crippen LogP contribution in [0.2, 0.25) is 0 Å². The quantitative estimate of drug-likeness (QED) is 0.383. The second kappa shape index (κ2) is 7.96. The summed E-state index contributed by atoms with van der Waals surface area (Å²) in [7, 11) is -4.13. The summed E-state index contributed by atoms with van der Waals surface area (Å²) in [6.07, 6.45) is 1.16. The Labute approximate surface area is 150 Å². The van der Waals surface area contributed by atoms with Gasteiger partial charge in [0.25, 0.3) is 0 Å². The molecule has 0 amide bonds. The minimum absolute atomic E-state index is 0.0505. The standard InChI is InChI=1S/C15H20N7O3P/c1-9(16)21-15-13(14(17)18)22-12(7-20-15)6-19-11-4-2-3-10(5-11)8-26(23,24)25/h2-5,7,19H,1,6,8,16-18H2,(H2,23,24,25)/b21-15+. The third-order valence-electron chi connectivity index (χ3n) is 3.12. The fourth-order valence-corrected chi connectivity index (χ4v) is 2.80. The summed E-state index contributed by atoms with van der Waals surface area (Å²) in [6.45, 7) is 3.76. The van der Waals surface area contributed by atoms with Gasteiger partial charge in [0.1, 0.15) is 17.3 Å². The van der Waals surface area contributed by atoms with Crippen LogP contribution in [-0.2, 0) is 10.7 Å². The Hall–Kier alpha value is -2.94. The number of nitrogens with two attached hydrogens (primary N) is 3. The van der Waals surface area contributed by atoms with Gasteiger partial charge in [-0.1, -0.05) is 18.7 Å². The monoisotopic (exact) mass is 377 g/mol. The maximum atomic E-state index is 11.1. The molecule has 2 rings (SSSR count). The molecule has 1 aromatic carbocycles. The molecule has 138 valence electrons. The number of rotatable bonds is 6. The number of amidine groups is 1. The van der Waals surface area contributed by atoms with Gasteiger partial charge < -0.3 is 32.3 Å². The van der Waals surface area contributed by atoms with Crippen LogP contribution >= 0.6 is 7.60 Å². The van der Waals surface area contributed by atoms with Crippen LogP contribution in [0.25, 0.3) is 0 Å². The van der Waals surface area contributed by atoms with Crippen LogP contribution in [0.1, 0.15) is 5.56 Å². The zero-order chi connectivity index (χ0) is 19.3. The number of nitrogens with one attached hydrogen (secondary N) is 1. The Morgan fingerprint density at radius 2 is 2.04 bits per heavy atom. The van der Waals surface area contributed by atoms with E-state index in [1.807, 2.05) is 0 Å². The van der Waals surface area contributed by atoms with E-state index < -0.39 is 7.60 Å². The number of hydrogen-bond acceptors (Lipinski definition) is 7. The molecule has 10 nitrogen and oxygen atoms in total. The zero-order valence-electron chi connectivity index (χ0n) is 13.8. The van der Waals surface area contributed by atoms with Crippen LogP contribution in [0.5, 0.6) is 0 Å². The first-order chi connectivity index (χ1) is 12.1. The summed E-state index contributed by atoms with van der Waals surface area (Å²) in [6, 6.07) is 6.76. The molecule has 1 aliphatic rings. The summed E-state index contributed by atoms with van der Waals surface area (Å²) < 4.78 is 11.1. The van der Waals surface area contributed by atoms with Crippen LogP contribution < -0.4 is 22.5 Å². The van der Waals surface area contributed by atoms with Gasteiger partial charge in [0, 0.05) is 5.69 Å². The highest BCUT2D eigenvalue weighted by atomic mass is 31.2. The van der Waals surface area contributed by atoms with Crippen LogP contribution in [-0.4, -0.2) is 34.1 Å². The maximum Gasteiger partial charge on any atom is 0.329 e. The highest BCUT2D eigenvalue weighted by Gasteiger charge is 2.16. The summed E-state index contributed by atoms with van der Waals surface area (Å²) >= 11 is 0. The van der Waals surface area contributed by atoms with Crippen molar-refractivity contribution >= 4 is 31.0 Å². The summed E-state index contributed by atoms with van der Waals surface area (Å²) in [5.41, 5.74) is 18.6. The Balaban J connectivity index is 2.12. The van der Waals surface area contributed by atoms with E-state index in [0.29, 0.717) is 17.0 Å². The number of hydrogen-bond donors (Lipinski definition) is 6. The Kier molecular flexibility index (Phi) is 5.93. The fraction of sp³-hybridized carbons (Fsp3) is 0.133. The van der Waals surface area contributed by atoms with Gasteiger partial charge in [-0.25, -0.2) is 15.0 Å². The molecule has 0 aliphatic carbocycles. The first-order valence-electron chi connectivity index (χ1n) is 7.42. The van der Waals surface area contributed by atoms with Gasteiger partial charge in [0.15, 0.2) is 5.84 Å². The molecule has 0 fully saturated rings. The second-order valence-corrected chi connectivity index (χ2v) is 7.11. The molecule has 0 saturated heterocycles. The van der Waals surface area contributed by atoms with Crippen molar-refractivity contribution in [3.63, 3.8) is 0 Å². The number of aliphatic imine (C=N–C) groups is 3. The van der Waals surface area contributed by atoms with Crippen molar-refractivity contribution in [2.75, 3.05) is 11.9 Å². The number of anilines is 1. The topological polar surface area (TPSA) is 185 Å². The summed E-state index contributed by atoms with van der Waals surface area (Å²) in [4.78, 5) is 30.5. The molecule has 0 unspecified atom stereocenters. The van der Waals surface area contributed by atoms with Gasteiger partial charge in [-0.05, 0) is 17.7 Å². The van der Waals surface area contributed by atoms with E-state index in [1.54, 1.807) is 24.3 Å². The van der Waals surface area contributed by atoms with Crippen molar-refractivity contribution in [3.8, 4) is 0 Å². The van der Waals surface area contributed by atoms with Gasteiger partial charge in [0.2, 0.25) is 0 Å². The van der Waals surface area contributed by atoms with Crippen molar-refractivity contribution in [2.24, 2.45) is 32.2 Å². The fourth-order valence-electron chi connectivity index (χ4n) is 2.13. The van der Waals surface area contributed by atoms with Crippen molar-refractivity contribution in [1.29, 1.82) is 0 Å². The Bertz CT molecular complexity index is 879. The first kappa shape index (κ1) is 19.4. The first-order valence-corrected chi connectivity index (χ1v) is 9.21. The second-order valence-electron chi connectivity index (χ2n) is 5.47. The van der Waals surface area contributed by atoms with Gasteiger partial charge in [-0.3, -0.25) is 4.57 Å². The van der Waals surface area contributed by atoms with Crippen molar-refractivity contribution in [2.45, 2.75) is 6.16 Å². The van der Waals surface area contributed by atoms with Crippen molar-refractivity contribution in [1.82, 2.24) is 0 Å². The molecule has 26 heavy (non-hydrogen) atoms. The Morgan fingerprint density at radius 1 is 1.31 bits per heavy atom. The molecule has 0 bridgehead atoms. The van der Waals surface area contributed by atoms with E-state index >= 15 is 0 Å². The van der Waals surface area contributed by atoms with E-state index in [4.69, 9.17) is 27.0 Å². The largest absolute Gasteiger partial charge is 0.384 e. The molecule has 0 radical (unpaired) electrons. The minimum atomic E-state index is -4.13. The van der Waals surface area contributed by atoms with Crippen molar-refractivity contribution < 1.29 is 14.4 Å². The molecular weight excluding hydrogens is 357 g/mol. The van der Waals surface area contributed by atoms with Crippen LogP contribution in [0.15, 0.2) is 63.2 Å². The molecule has 0 aromatic heterocycles. The SMILES string of the molecule is C=C(N)/N=C1/N=CC(CNc2cccc(CP(=O)(O)O)c2)=NC1=C(N)N. The molecule has 9 N–H and O–H groups in total. The average molecular weight is 377 g/mol. The molecule has 0 saturated carbocycles. The third-order valence-corrected chi connectivity index (χ3v) is 3.89.